The lowest BCUT2D eigenvalue weighted by atomic mass is 9.88. The van der Waals surface area contributed by atoms with Gasteiger partial charge in [-0.1, -0.05) is 24.3 Å². The molecule has 0 saturated carbocycles. The second kappa shape index (κ2) is 4.87. The fourth-order valence-electron chi connectivity index (χ4n) is 2.91. The van der Waals surface area contributed by atoms with E-state index in [1.807, 2.05) is 6.07 Å². The van der Waals surface area contributed by atoms with Crippen molar-refractivity contribution in [2.75, 3.05) is 5.32 Å². The van der Waals surface area contributed by atoms with Crippen LogP contribution in [0.5, 0.6) is 0 Å². The fraction of sp³-hybridized carbons (Fsp3) is 0.250. The molecule has 1 unspecified atom stereocenters. The summed E-state index contributed by atoms with van der Waals surface area (Å²) in [4.78, 5) is 8.71. The molecule has 2 aromatic heterocycles. The van der Waals surface area contributed by atoms with E-state index in [1.54, 1.807) is 17.7 Å². The van der Waals surface area contributed by atoms with Crippen molar-refractivity contribution in [3.8, 4) is 0 Å². The third kappa shape index (κ3) is 2.06. The zero-order chi connectivity index (χ0) is 13.4. The number of hydrogen-bond acceptors (Lipinski definition) is 4. The van der Waals surface area contributed by atoms with Gasteiger partial charge in [0.15, 0.2) is 0 Å². The normalized spacial score (nSPS) is 17.9. The number of aryl methyl sites for hydroxylation is 1. The zero-order valence-corrected chi connectivity index (χ0v) is 11.9. The Morgan fingerprint density at radius 1 is 1.10 bits per heavy atom. The van der Waals surface area contributed by atoms with Crippen LogP contribution in [0.1, 0.15) is 17.5 Å². The molecule has 20 heavy (non-hydrogen) atoms. The number of thiophene rings is 1. The Balaban J connectivity index is 1.60. The first-order valence-corrected chi connectivity index (χ1v) is 7.79. The van der Waals surface area contributed by atoms with Crippen molar-refractivity contribution in [1.82, 2.24) is 9.97 Å². The third-order valence-electron chi connectivity index (χ3n) is 3.93. The maximum absolute atomic E-state index is 4.42. The largest absolute Gasteiger partial charge is 0.366 e. The Bertz CT molecular complexity index is 750. The minimum absolute atomic E-state index is 0.463. The minimum atomic E-state index is 0.463. The molecule has 3 aromatic rings. The molecule has 0 radical (unpaired) electrons. The Kier molecular flexibility index (Phi) is 2.89. The Labute approximate surface area is 121 Å². The molecule has 0 spiro atoms. The molecule has 4 heteroatoms. The summed E-state index contributed by atoms with van der Waals surface area (Å²) < 4.78 is 1.16. The highest BCUT2D eigenvalue weighted by Crippen LogP contribution is 2.28. The van der Waals surface area contributed by atoms with Crippen LogP contribution in [0.15, 0.2) is 42.0 Å². The van der Waals surface area contributed by atoms with Gasteiger partial charge in [-0.05, 0) is 41.8 Å². The van der Waals surface area contributed by atoms with Gasteiger partial charge in [-0.25, -0.2) is 9.97 Å². The second-order valence-corrected chi connectivity index (χ2v) is 6.13. The van der Waals surface area contributed by atoms with Gasteiger partial charge in [0.05, 0.1) is 10.2 Å². The van der Waals surface area contributed by atoms with Crippen LogP contribution < -0.4 is 5.32 Å². The van der Waals surface area contributed by atoms with Gasteiger partial charge in [-0.2, -0.15) is 0 Å². The minimum Gasteiger partial charge on any atom is -0.366 e. The fourth-order valence-corrected chi connectivity index (χ4v) is 3.70. The summed E-state index contributed by atoms with van der Waals surface area (Å²) in [6.45, 7) is 0. The lowest BCUT2D eigenvalue weighted by Crippen LogP contribution is -2.27. The number of aromatic nitrogens is 2. The molecule has 0 amide bonds. The van der Waals surface area contributed by atoms with Gasteiger partial charge in [-0.3, -0.25) is 0 Å². The highest BCUT2D eigenvalue weighted by Gasteiger charge is 2.19. The van der Waals surface area contributed by atoms with Crippen molar-refractivity contribution in [2.45, 2.75) is 25.3 Å². The highest BCUT2D eigenvalue weighted by molar-refractivity contribution is 7.17. The maximum Gasteiger partial charge on any atom is 0.147 e. The standard InChI is InChI=1S/C16H15N3S/c1-2-4-12-9-13(6-5-11(12)3-1)19-16-15-14(7-8-20-15)17-10-18-16/h1-4,7-8,10,13H,5-6,9H2,(H,17,18,19). The van der Waals surface area contributed by atoms with Crippen molar-refractivity contribution in [3.05, 3.63) is 53.2 Å². The summed E-state index contributed by atoms with van der Waals surface area (Å²) in [5.74, 6) is 0.981. The average molecular weight is 281 g/mol. The van der Waals surface area contributed by atoms with Crippen LogP contribution in [0.2, 0.25) is 0 Å². The Morgan fingerprint density at radius 2 is 2.00 bits per heavy atom. The first kappa shape index (κ1) is 11.9. The number of rotatable bonds is 2. The van der Waals surface area contributed by atoms with Gasteiger partial charge >= 0.3 is 0 Å². The highest BCUT2D eigenvalue weighted by atomic mass is 32.1. The molecule has 3 nitrogen and oxygen atoms in total. The van der Waals surface area contributed by atoms with Gasteiger partial charge in [-0.15, -0.1) is 11.3 Å². The van der Waals surface area contributed by atoms with E-state index >= 15 is 0 Å². The van der Waals surface area contributed by atoms with Gasteiger partial charge < -0.3 is 5.32 Å². The summed E-state index contributed by atoms with van der Waals surface area (Å²) in [5.41, 5.74) is 3.99. The number of hydrogen-bond donors (Lipinski definition) is 1. The molecule has 100 valence electrons. The topological polar surface area (TPSA) is 37.8 Å². The first-order valence-electron chi connectivity index (χ1n) is 6.92. The van der Waals surface area contributed by atoms with Crippen LogP contribution in [0, 0.1) is 0 Å². The van der Waals surface area contributed by atoms with E-state index in [0.29, 0.717) is 6.04 Å². The van der Waals surface area contributed by atoms with Crippen LogP contribution >= 0.6 is 11.3 Å². The summed E-state index contributed by atoms with van der Waals surface area (Å²) in [7, 11) is 0. The van der Waals surface area contributed by atoms with Crippen molar-refractivity contribution >= 4 is 27.4 Å². The summed E-state index contributed by atoms with van der Waals surface area (Å²) in [6.07, 6.45) is 5.03. The molecule has 1 aliphatic rings. The van der Waals surface area contributed by atoms with Gasteiger partial charge in [0.25, 0.3) is 0 Å². The van der Waals surface area contributed by atoms with Gasteiger partial charge in [0, 0.05) is 6.04 Å². The molecule has 1 aromatic carbocycles. The van der Waals surface area contributed by atoms with E-state index in [1.165, 1.54) is 11.1 Å². The average Bonchev–Trinajstić information content (AvgIpc) is 2.97. The van der Waals surface area contributed by atoms with Crippen LogP contribution in [0.3, 0.4) is 0 Å². The molecular formula is C16H15N3S. The number of nitrogens with zero attached hydrogens (tertiary/aromatic N) is 2. The predicted octanol–water partition coefficient (Wildman–Crippen LogP) is 3.66. The smallest absolute Gasteiger partial charge is 0.147 e. The van der Waals surface area contributed by atoms with Crippen LogP contribution in [0.4, 0.5) is 5.82 Å². The Hall–Kier alpha value is -1.94. The SMILES string of the molecule is c1ccc2c(c1)CCC(Nc1ncnc3ccsc13)C2. The lowest BCUT2D eigenvalue weighted by Gasteiger charge is -2.26. The summed E-state index contributed by atoms with van der Waals surface area (Å²) in [5, 5.41) is 5.68. The molecule has 0 saturated heterocycles. The summed E-state index contributed by atoms with van der Waals surface area (Å²) in [6, 6.07) is 11.3. The predicted molar refractivity (Wildman–Crippen MR) is 83.3 cm³/mol. The van der Waals surface area contributed by atoms with Crippen molar-refractivity contribution in [2.24, 2.45) is 0 Å². The number of nitrogens with one attached hydrogen (secondary N) is 1. The molecular weight excluding hydrogens is 266 g/mol. The van der Waals surface area contributed by atoms with Gasteiger partial charge in [0.1, 0.15) is 12.1 Å². The van der Waals surface area contributed by atoms with Crippen molar-refractivity contribution in [1.29, 1.82) is 0 Å². The van der Waals surface area contributed by atoms with Crippen LogP contribution in [-0.4, -0.2) is 16.0 Å². The molecule has 0 aliphatic heterocycles. The maximum atomic E-state index is 4.42. The lowest BCUT2D eigenvalue weighted by molar-refractivity contribution is 0.609. The van der Waals surface area contributed by atoms with E-state index < -0.39 is 0 Å². The molecule has 4 rings (SSSR count). The molecule has 1 N–H and O–H groups in total. The van der Waals surface area contributed by atoms with Crippen molar-refractivity contribution in [3.63, 3.8) is 0 Å². The Morgan fingerprint density at radius 3 is 2.95 bits per heavy atom. The van der Waals surface area contributed by atoms with E-state index in [-0.39, 0.29) is 0 Å². The number of benzene rings is 1. The zero-order valence-electron chi connectivity index (χ0n) is 11.0. The van der Waals surface area contributed by atoms with Crippen LogP contribution in [0.25, 0.3) is 10.2 Å². The van der Waals surface area contributed by atoms with Gasteiger partial charge in [0.2, 0.25) is 0 Å². The number of fused-ring (bicyclic) bond motifs is 2. The molecule has 1 atom stereocenters. The molecule has 0 fully saturated rings. The molecule has 2 heterocycles. The first-order chi connectivity index (χ1) is 9.90. The second-order valence-electron chi connectivity index (χ2n) is 5.21. The number of anilines is 1. The monoisotopic (exact) mass is 281 g/mol. The van der Waals surface area contributed by atoms with E-state index in [9.17, 15) is 0 Å². The molecule has 0 bridgehead atoms. The van der Waals surface area contributed by atoms with Crippen LogP contribution in [-0.2, 0) is 12.8 Å². The third-order valence-corrected chi connectivity index (χ3v) is 4.84. The van der Waals surface area contributed by atoms with E-state index in [2.05, 4.69) is 44.9 Å². The van der Waals surface area contributed by atoms with Crippen molar-refractivity contribution < 1.29 is 0 Å². The van der Waals surface area contributed by atoms with E-state index in [4.69, 9.17) is 0 Å². The summed E-state index contributed by atoms with van der Waals surface area (Å²) >= 11 is 1.70. The van der Waals surface area contributed by atoms with E-state index in [0.717, 1.165) is 35.3 Å². The quantitative estimate of drug-likeness (QED) is 0.779. The molecule has 1 aliphatic carbocycles.